The molecule has 0 bridgehead atoms. The summed E-state index contributed by atoms with van der Waals surface area (Å²) in [7, 11) is 0. The number of esters is 1. The van der Waals surface area contributed by atoms with Crippen molar-refractivity contribution in [1.82, 2.24) is 4.98 Å². The predicted octanol–water partition coefficient (Wildman–Crippen LogP) is 2.41. The van der Waals surface area contributed by atoms with Gasteiger partial charge in [-0.05, 0) is 32.0 Å². The van der Waals surface area contributed by atoms with Crippen LogP contribution in [0.4, 0.5) is 0 Å². The highest BCUT2D eigenvalue weighted by molar-refractivity contribution is 6.15. The number of nitrogens with one attached hydrogen (secondary N) is 1. The van der Waals surface area contributed by atoms with Gasteiger partial charge in [-0.1, -0.05) is 0 Å². The first-order chi connectivity index (χ1) is 10.1. The average molecular weight is 291 g/mol. The molecule has 0 saturated carbocycles. The largest absolute Gasteiger partial charge is 0.494 e. The van der Waals surface area contributed by atoms with Crippen molar-refractivity contribution in [2.45, 2.75) is 20.3 Å². The normalized spacial score (nSPS) is 10.6. The van der Waals surface area contributed by atoms with Gasteiger partial charge in [-0.2, -0.15) is 0 Å². The van der Waals surface area contributed by atoms with Crippen molar-refractivity contribution in [3.05, 3.63) is 23.8 Å². The zero-order chi connectivity index (χ0) is 15.4. The lowest BCUT2D eigenvalue weighted by Gasteiger charge is -2.04. The molecule has 0 aliphatic heterocycles. The highest BCUT2D eigenvalue weighted by atomic mass is 16.5. The molecule has 0 fully saturated rings. The third-order valence-corrected chi connectivity index (χ3v) is 2.95. The molecule has 21 heavy (non-hydrogen) atoms. The van der Waals surface area contributed by atoms with Crippen molar-refractivity contribution in [1.29, 1.82) is 0 Å². The summed E-state index contributed by atoms with van der Waals surface area (Å²) in [5.74, 6) is -0.773. The zero-order valence-electron chi connectivity index (χ0n) is 11.9. The number of rotatable bonds is 6. The van der Waals surface area contributed by atoms with E-state index in [0.29, 0.717) is 23.3 Å². The molecule has 1 aromatic carbocycles. The van der Waals surface area contributed by atoms with E-state index in [1.54, 1.807) is 25.1 Å². The van der Waals surface area contributed by atoms with Crippen LogP contribution in [0.25, 0.3) is 10.9 Å². The first kappa shape index (κ1) is 14.9. The highest BCUT2D eigenvalue weighted by Crippen LogP contribution is 2.31. The Morgan fingerprint density at radius 2 is 2.00 bits per heavy atom. The molecule has 0 spiro atoms. The fourth-order valence-electron chi connectivity index (χ4n) is 2.13. The minimum absolute atomic E-state index is 0.0830. The Bertz CT molecular complexity index is 674. The SMILES string of the molecule is CCOC(=O)CC(=O)c1c(O)[nH]c2ccc(OCC)cc12. The van der Waals surface area contributed by atoms with Crippen molar-refractivity contribution in [3.8, 4) is 11.6 Å². The van der Waals surface area contributed by atoms with E-state index in [2.05, 4.69) is 4.98 Å². The van der Waals surface area contributed by atoms with Crippen LogP contribution in [0.2, 0.25) is 0 Å². The van der Waals surface area contributed by atoms with E-state index in [0.717, 1.165) is 0 Å². The van der Waals surface area contributed by atoms with Gasteiger partial charge >= 0.3 is 5.97 Å². The topological polar surface area (TPSA) is 88.6 Å². The predicted molar refractivity (Wildman–Crippen MR) is 76.7 cm³/mol. The first-order valence-electron chi connectivity index (χ1n) is 6.73. The van der Waals surface area contributed by atoms with Crippen molar-refractivity contribution < 1.29 is 24.2 Å². The number of ether oxygens (including phenoxy) is 2. The molecule has 1 aromatic heterocycles. The van der Waals surface area contributed by atoms with Gasteiger partial charge in [0.05, 0.1) is 18.8 Å². The third-order valence-electron chi connectivity index (χ3n) is 2.95. The molecule has 0 amide bonds. The smallest absolute Gasteiger partial charge is 0.313 e. The maximum absolute atomic E-state index is 12.2. The number of aromatic amines is 1. The van der Waals surface area contributed by atoms with Crippen molar-refractivity contribution in [2.75, 3.05) is 13.2 Å². The summed E-state index contributed by atoms with van der Waals surface area (Å²) in [4.78, 5) is 26.3. The van der Waals surface area contributed by atoms with Gasteiger partial charge in [-0.15, -0.1) is 0 Å². The Morgan fingerprint density at radius 3 is 2.67 bits per heavy atom. The van der Waals surface area contributed by atoms with Crippen LogP contribution >= 0.6 is 0 Å². The van der Waals surface area contributed by atoms with Crippen LogP contribution in [0.3, 0.4) is 0 Å². The summed E-state index contributed by atoms with van der Waals surface area (Å²) >= 11 is 0. The minimum atomic E-state index is -0.614. The van der Waals surface area contributed by atoms with Crippen LogP contribution in [-0.2, 0) is 9.53 Å². The fourth-order valence-corrected chi connectivity index (χ4v) is 2.13. The molecule has 0 radical (unpaired) electrons. The maximum Gasteiger partial charge on any atom is 0.313 e. The Labute approximate surface area is 121 Å². The van der Waals surface area contributed by atoms with E-state index in [1.165, 1.54) is 0 Å². The van der Waals surface area contributed by atoms with Gasteiger partial charge in [-0.3, -0.25) is 9.59 Å². The summed E-state index contributed by atoms with van der Waals surface area (Å²) in [6, 6.07) is 5.11. The molecule has 0 unspecified atom stereocenters. The molecule has 1 heterocycles. The molecule has 6 heteroatoms. The Kier molecular flexibility index (Phi) is 4.47. The lowest BCUT2D eigenvalue weighted by Crippen LogP contribution is -2.11. The van der Waals surface area contributed by atoms with Crippen LogP contribution in [0.15, 0.2) is 18.2 Å². The Morgan fingerprint density at radius 1 is 1.24 bits per heavy atom. The Balaban J connectivity index is 2.37. The van der Waals surface area contributed by atoms with Gasteiger partial charge in [0.15, 0.2) is 5.78 Å². The number of carbonyl (C=O) groups is 2. The number of H-pyrrole nitrogens is 1. The van der Waals surface area contributed by atoms with Crippen LogP contribution in [0.5, 0.6) is 11.6 Å². The third kappa shape index (κ3) is 3.16. The zero-order valence-corrected chi connectivity index (χ0v) is 11.9. The number of benzene rings is 1. The summed E-state index contributed by atoms with van der Waals surface area (Å²) in [5, 5.41) is 10.4. The number of carbonyl (C=O) groups excluding carboxylic acids is 2. The summed E-state index contributed by atoms with van der Waals surface area (Å²) in [5.41, 5.74) is 0.683. The van der Waals surface area contributed by atoms with E-state index >= 15 is 0 Å². The first-order valence-corrected chi connectivity index (χ1v) is 6.73. The molecule has 2 rings (SSSR count). The van der Waals surface area contributed by atoms with Gasteiger partial charge < -0.3 is 19.6 Å². The lowest BCUT2D eigenvalue weighted by atomic mass is 10.1. The average Bonchev–Trinajstić information content (AvgIpc) is 2.74. The van der Waals surface area contributed by atoms with Gasteiger partial charge in [0, 0.05) is 10.9 Å². The van der Waals surface area contributed by atoms with Crippen LogP contribution in [-0.4, -0.2) is 35.1 Å². The molecule has 0 atom stereocenters. The quantitative estimate of drug-likeness (QED) is 0.484. The van der Waals surface area contributed by atoms with Gasteiger partial charge in [0.1, 0.15) is 12.2 Å². The van der Waals surface area contributed by atoms with E-state index in [4.69, 9.17) is 9.47 Å². The monoisotopic (exact) mass is 291 g/mol. The summed E-state index contributed by atoms with van der Waals surface area (Å²) in [6.07, 6.45) is -0.410. The second kappa shape index (κ2) is 6.30. The molecular weight excluding hydrogens is 274 g/mol. The van der Waals surface area contributed by atoms with Crippen LogP contribution in [0, 0.1) is 0 Å². The van der Waals surface area contributed by atoms with E-state index in [-0.39, 0.29) is 18.1 Å². The van der Waals surface area contributed by atoms with E-state index in [1.807, 2.05) is 6.92 Å². The molecular formula is C15H17NO5. The van der Waals surface area contributed by atoms with E-state index < -0.39 is 18.2 Å². The molecule has 0 saturated heterocycles. The van der Waals surface area contributed by atoms with Gasteiger partial charge in [-0.25, -0.2) is 0 Å². The molecule has 2 aromatic rings. The number of aromatic nitrogens is 1. The molecule has 0 aliphatic rings. The van der Waals surface area contributed by atoms with Crippen molar-refractivity contribution >= 4 is 22.7 Å². The van der Waals surface area contributed by atoms with E-state index in [9.17, 15) is 14.7 Å². The van der Waals surface area contributed by atoms with Crippen LogP contribution < -0.4 is 4.74 Å². The summed E-state index contributed by atoms with van der Waals surface area (Å²) in [6.45, 7) is 4.22. The lowest BCUT2D eigenvalue weighted by molar-refractivity contribution is -0.141. The fraction of sp³-hybridized carbons (Fsp3) is 0.333. The number of fused-ring (bicyclic) bond motifs is 1. The molecule has 0 aliphatic carbocycles. The van der Waals surface area contributed by atoms with Gasteiger partial charge in [0.2, 0.25) is 5.88 Å². The summed E-state index contributed by atoms with van der Waals surface area (Å²) < 4.78 is 10.1. The molecule has 112 valence electrons. The minimum Gasteiger partial charge on any atom is -0.494 e. The number of aromatic hydroxyl groups is 1. The van der Waals surface area contributed by atoms with Crippen molar-refractivity contribution in [2.24, 2.45) is 0 Å². The highest BCUT2D eigenvalue weighted by Gasteiger charge is 2.21. The number of hydrogen-bond acceptors (Lipinski definition) is 5. The maximum atomic E-state index is 12.2. The molecule has 2 N–H and O–H groups in total. The van der Waals surface area contributed by atoms with Gasteiger partial charge in [0.25, 0.3) is 0 Å². The van der Waals surface area contributed by atoms with Crippen LogP contribution in [0.1, 0.15) is 30.6 Å². The number of ketones is 1. The number of hydrogen-bond donors (Lipinski definition) is 2. The second-order valence-electron chi connectivity index (χ2n) is 4.39. The second-order valence-corrected chi connectivity index (χ2v) is 4.39. The number of Topliss-reactive ketones (excluding diaryl/α,β-unsaturated/α-hetero) is 1. The standard InChI is InChI=1S/C15H17NO5/c1-3-20-9-5-6-11-10(7-9)14(15(19)16-11)12(17)8-13(18)21-4-2/h5-7,16,19H,3-4,8H2,1-2H3. The molecule has 6 nitrogen and oxygen atoms in total. The van der Waals surface area contributed by atoms with Crippen molar-refractivity contribution in [3.63, 3.8) is 0 Å². The Hall–Kier alpha value is -2.50.